The molecule has 1 N–H and O–H groups in total. The maximum atomic E-state index is 12.6. The molecule has 1 fully saturated rings. The van der Waals surface area contributed by atoms with Gasteiger partial charge >= 0.3 is 6.09 Å². The van der Waals surface area contributed by atoms with Crippen molar-refractivity contribution >= 4 is 6.09 Å². The second-order valence-corrected chi connectivity index (χ2v) is 8.39. The van der Waals surface area contributed by atoms with E-state index in [0.29, 0.717) is 6.54 Å². The Morgan fingerprint density at radius 2 is 2.13 bits per heavy atom. The van der Waals surface area contributed by atoms with Gasteiger partial charge in [-0.15, -0.1) is 0 Å². The average molecular weight is 320 g/mol. The molecule has 5 heteroatoms. The van der Waals surface area contributed by atoms with Gasteiger partial charge in [-0.1, -0.05) is 0 Å². The molecular formula is C18H28N2O3. The van der Waals surface area contributed by atoms with Crippen LogP contribution in [0.3, 0.4) is 0 Å². The fourth-order valence-electron chi connectivity index (χ4n) is 4.04. The van der Waals surface area contributed by atoms with Gasteiger partial charge in [0.25, 0.3) is 0 Å². The van der Waals surface area contributed by atoms with Crippen LogP contribution in [0, 0.1) is 0 Å². The number of likely N-dealkylation sites (tertiary alicyclic amines) is 1. The van der Waals surface area contributed by atoms with Crippen LogP contribution in [0.25, 0.3) is 0 Å². The zero-order chi connectivity index (χ0) is 16.9. The lowest BCUT2D eigenvalue weighted by atomic mass is 9.71. The van der Waals surface area contributed by atoms with Gasteiger partial charge in [-0.05, 0) is 53.5 Å². The number of nitrogens with zero attached hydrogens (tertiary/aromatic N) is 1. The minimum absolute atomic E-state index is 0.0946. The number of piperidine rings is 1. The first-order chi connectivity index (χ1) is 10.6. The van der Waals surface area contributed by atoms with E-state index in [9.17, 15) is 4.79 Å². The van der Waals surface area contributed by atoms with Gasteiger partial charge < -0.3 is 19.4 Å². The lowest BCUT2D eigenvalue weighted by Gasteiger charge is -2.52. The maximum absolute atomic E-state index is 12.6. The summed E-state index contributed by atoms with van der Waals surface area (Å²) in [5.74, 6) is 1.09. The molecule has 5 nitrogen and oxygen atoms in total. The fraction of sp³-hybridized carbons (Fsp3) is 0.722. The van der Waals surface area contributed by atoms with E-state index in [1.807, 2.05) is 25.7 Å². The van der Waals surface area contributed by atoms with Crippen LogP contribution in [0.15, 0.2) is 16.7 Å². The van der Waals surface area contributed by atoms with Crippen LogP contribution in [0.1, 0.15) is 58.8 Å². The summed E-state index contributed by atoms with van der Waals surface area (Å²) in [6.07, 6.45) is 4.22. The first kappa shape index (κ1) is 16.4. The second-order valence-electron chi connectivity index (χ2n) is 8.39. The molecule has 2 aliphatic rings. The highest BCUT2D eigenvalue weighted by Gasteiger charge is 2.49. The first-order valence-electron chi connectivity index (χ1n) is 8.46. The third-order valence-corrected chi connectivity index (χ3v) is 4.92. The van der Waals surface area contributed by atoms with Gasteiger partial charge in [-0.2, -0.15) is 0 Å². The highest BCUT2D eigenvalue weighted by atomic mass is 16.6. The van der Waals surface area contributed by atoms with Gasteiger partial charge in [0, 0.05) is 30.6 Å². The molecular weight excluding hydrogens is 292 g/mol. The van der Waals surface area contributed by atoms with Crippen molar-refractivity contribution in [3.63, 3.8) is 0 Å². The predicted molar refractivity (Wildman–Crippen MR) is 88.3 cm³/mol. The van der Waals surface area contributed by atoms with Crippen LogP contribution in [-0.2, 0) is 16.7 Å². The second kappa shape index (κ2) is 5.26. The SMILES string of the molecule is CC(C)(C)OC(=O)N1CCC2(CC1(C)C)NCCc1occc12. The molecule has 2 aliphatic heterocycles. The Balaban J connectivity index is 1.83. The number of carbonyl (C=O) groups is 1. The fourth-order valence-corrected chi connectivity index (χ4v) is 4.04. The number of amides is 1. The van der Waals surface area contributed by atoms with Crippen molar-refractivity contribution in [2.75, 3.05) is 13.1 Å². The molecule has 1 unspecified atom stereocenters. The molecule has 3 rings (SSSR count). The largest absolute Gasteiger partial charge is 0.469 e. The number of nitrogens with one attached hydrogen (secondary N) is 1. The summed E-state index contributed by atoms with van der Waals surface area (Å²) in [4.78, 5) is 14.4. The maximum Gasteiger partial charge on any atom is 0.410 e. The van der Waals surface area contributed by atoms with Gasteiger partial charge in [-0.3, -0.25) is 0 Å². The van der Waals surface area contributed by atoms with Gasteiger partial charge in [0.1, 0.15) is 11.4 Å². The third kappa shape index (κ3) is 2.99. The van der Waals surface area contributed by atoms with E-state index in [0.717, 1.165) is 31.6 Å². The number of furan rings is 1. The van der Waals surface area contributed by atoms with E-state index in [4.69, 9.17) is 9.15 Å². The smallest absolute Gasteiger partial charge is 0.410 e. The molecule has 0 aliphatic carbocycles. The number of carbonyl (C=O) groups excluding carboxylic acids is 1. The molecule has 0 saturated carbocycles. The first-order valence-corrected chi connectivity index (χ1v) is 8.46. The summed E-state index contributed by atoms with van der Waals surface area (Å²) in [5.41, 5.74) is 0.422. The standard InChI is InChI=1S/C18H28N2O3/c1-16(2,3)23-15(21)20-10-8-18(12-17(20,4)5)13-7-11-22-14(13)6-9-19-18/h7,11,19H,6,8-10,12H2,1-5H3. The van der Waals surface area contributed by atoms with Crippen molar-refractivity contribution in [2.24, 2.45) is 0 Å². The van der Waals surface area contributed by atoms with Gasteiger partial charge in [0.2, 0.25) is 0 Å². The molecule has 1 aromatic heterocycles. The van der Waals surface area contributed by atoms with Gasteiger partial charge in [-0.25, -0.2) is 4.79 Å². The van der Waals surface area contributed by atoms with Gasteiger partial charge in [0.15, 0.2) is 0 Å². The van der Waals surface area contributed by atoms with E-state index in [1.165, 1.54) is 5.56 Å². The van der Waals surface area contributed by atoms with Crippen LogP contribution < -0.4 is 5.32 Å². The molecule has 0 aromatic carbocycles. The summed E-state index contributed by atoms with van der Waals surface area (Å²) >= 11 is 0. The van der Waals surface area contributed by atoms with Crippen LogP contribution in [0.4, 0.5) is 4.79 Å². The molecule has 1 amide bonds. The Bertz CT molecular complexity index is 600. The minimum Gasteiger partial charge on any atom is -0.469 e. The normalized spacial score (nSPS) is 26.9. The minimum atomic E-state index is -0.469. The highest BCUT2D eigenvalue weighted by Crippen LogP contribution is 2.44. The number of fused-ring (bicyclic) bond motifs is 2. The number of hydrogen-bond donors (Lipinski definition) is 1. The summed E-state index contributed by atoms with van der Waals surface area (Å²) in [6, 6.07) is 2.08. The Morgan fingerprint density at radius 1 is 1.39 bits per heavy atom. The Labute approximate surface area is 138 Å². The molecule has 23 heavy (non-hydrogen) atoms. The van der Waals surface area contributed by atoms with Crippen LogP contribution in [0.5, 0.6) is 0 Å². The van der Waals surface area contributed by atoms with E-state index >= 15 is 0 Å². The molecule has 1 atom stereocenters. The highest BCUT2D eigenvalue weighted by molar-refractivity contribution is 5.69. The monoisotopic (exact) mass is 320 g/mol. The van der Waals surface area contributed by atoms with E-state index in [2.05, 4.69) is 25.2 Å². The van der Waals surface area contributed by atoms with Crippen molar-refractivity contribution in [1.82, 2.24) is 10.2 Å². The predicted octanol–water partition coefficient (Wildman–Crippen LogP) is 3.43. The van der Waals surface area contributed by atoms with Crippen molar-refractivity contribution < 1.29 is 13.9 Å². The summed E-state index contributed by atoms with van der Waals surface area (Å²) < 4.78 is 11.2. The third-order valence-electron chi connectivity index (χ3n) is 4.92. The summed E-state index contributed by atoms with van der Waals surface area (Å²) in [5, 5.41) is 3.70. The Morgan fingerprint density at radius 3 is 2.78 bits per heavy atom. The molecule has 1 saturated heterocycles. The van der Waals surface area contributed by atoms with E-state index < -0.39 is 5.60 Å². The molecule has 128 valence electrons. The Kier molecular flexibility index (Phi) is 3.75. The van der Waals surface area contributed by atoms with E-state index in [-0.39, 0.29) is 17.2 Å². The molecule has 1 spiro atoms. The van der Waals surface area contributed by atoms with Crippen molar-refractivity contribution in [3.8, 4) is 0 Å². The summed E-state index contributed by atoms with van der Waals surface area (Å²) in [6.45, 7) is 11.6. The lowest BCUT2D eigenvalue weighted by molar-refractivity contribution is -0.0253. The van der Waals surface area contributed by atoms with Crippen LogP contribution >= 0.6 is 0 Å². The van der Waals surface area contributed by atoms with E-state index in [1.54, 1.807) is 6.26 Å². The molecule has 1 aromatic rings. The molecule has 0 radical (unpaired) electrons. The molecule has 0 bridgehead atoms. The number of ether oxygens (including phenoxy) is 1. The van der Waals surface area contributed by atoms with Crippen molar-refractivity contribution in [2.45, 2.75) is 70.6 Å². The number of hydrogen-bond acceptors (Lipinski definition) is 4. The summed E-state index contributed by atoms with van der Waals surface area (Å²) in [7, 11) is 0. The Hall–Kier alpha value is -1.49. The number of rotatable bonds is 0. The van der Waals surface area contributed by atoms with Crippen molar-refractivity contribution in [1.29, 1.82) is 0 Å². The zero-order valence-corrected chi connectivity index (χ0v) is 14.9. The zero-order valence-electron chi connectivity index (χ0n) is 14.9. The van der Waals surface area contributed by atoms with Crippen molar-refractivity contribution in [3.05, 3.63) is 23.7 Å². The average Bonchev–Trinajstić information content (AvgIpc) is 2.85. The van der Waals surface area contributed by atoms with Crippen LogP contribution in [0.2, 0.25) is 0 Å². The lowest BCUT2D eigenvalue weighted by Crippen LogP contribution is -2.62. The quantitative estimate of drug-likeness (QED) is 0.796. The van der Waals surface area contributed by atoms with Crippen LogP contribution in [-0.4, -0.2) is 35.2 Å². The molecule has 3 heterocycles. The van der Waals surface area contributed by atoms with Gasteiger partial charge in [0.05, 0.1) is 11.8 Å². The topological polar surface area (TPSA) is 54.7 Å².